The average Bonchev–Trinajstić information content (AvgIpc) is 2.72. The van der Waals surface area contributed by atoms with Crippen LogP contribution >= 0.6 is 0 Å². The maximum Gasteiger partial charge on any atom is 0.322 e. The summed E-state index contributed by atoms with van der Waals surface area (Å²) >= 11 is 0. The van der Waals surface area contributed by atoms with Crippen molar-refractivity contribution >= 4 is 11.7 Å². The number of para-hydroxylation sites is 1. The maximum absolute atomic E-state index is 12.8. The smallest absolute Gasteiger partial charge is 0.320 e. The molecule has 3 aromatic rings. The molecule has 4 rings (SSSR count). The van der Waals surface area contributed by atoms with E-state index in [0.29, 0.717) is 30.8 Å². The fourth-order valence-electron chi connectivity index (χ4n) is 3.92. The monoisotopic (exact) mass is 402 g/mol. The standard InChI is InChI=1S/C24H26N4O2/c1-15-7-4-5-10-18(15)13-21-25-20-11-12-28(14-19(20)23(29)26-21)24(30)27-22-16(2)8-6-9-17(22)3/h4-10H,11-14H2,1-3H3,(H,27,30)(H,25,26,29). The van der Waals surface area contributed by atoms with Crippen LogP contribution in [-0.4, -0.2) is 27.4 Å². The second-order valence-electron chi connectivity index (χ2n) is 7.91. The highest BCUT2D eigenvalue weighted by molar-refractivity contribution is 5.91. The molecule has 0 spiro atoms. The molecule has 0 atom stereocenters. The Hall–Kier alpha value is -3.41. The Morgan fingerprint density at radius 2 is 1.77 bits per heavy atom. The van der Waals surface area contributed by atoms with Crippen LogP contribution in [0.1, 0.15) is 39.3 Å². The van der Waals surface area contributed by atoms with Gasteiger partial charge in [-0.1, -0.05) is 42.5 Å². The minimum Gasteiger partial charge on any atom is -0.320 e. The Kier molecular flexibility index (Phi) is 5.40. The van der Waals surface area contributed by atoms with Gasteiger partial charge in [0.05, 0.1) is 17.8 Å². The molecule has 6 nitrogen and oxygen atoms in total. The fraction of sp³-hybridized carbons (Fsp3) is 0.292. The van der Waals surface area contributed by atoms with Gasteiger partial charge in [-0.2, -0.15) is 0 Å². The molecule has 154 valence electrons. The van der Waals surface area contributed by atoms with Gasteiger partial charge in [0.15, 0.2) is 0 Å². The van der Waals surface area contributed by atoms with E-state index in [1.807, 2.05) is 44.2 Å². The van der Waals surface area contributed by atoms with E-state index in [4.69, 9.17) is 4.98 Å². The third kappa shape index (κ3) is 3.99. The van der Waals surface area contributed by atoms with E-state index >= 15 is 0 Å². The van der Waals surface area contributed by atoms with Gasteiger partial charge in [-0.3, -0.25) is 4.79 Å². The molecule has 2 aromatic carbocycles. The summed E-state index contributed by atoms with van der Waals surface area (Å²) < 4.78 is 0. The summed E-state index contributed by atoms with van der Waals surface area (Å²) in [6.45, 7) is 6.79. The van der Waals surface area contributed by atoms with Gasteiger partial charge >= 0.3 is 6.03 Å². The van der Waals surface area contributed by atoms with E-state index in [0.717, 1.165) is 28.1 Å². The van der Waals surface area contributed by atoms with Crippen molar-refractivity contribution < 1.29 is 4.79 Å². The number of nitrogens with zero attached hydrogens (tertiary/aromatic N) is 2. The lowest BCUT2D eigenvalue weighted by atomic mass is 10.0. The van der Waals surface area contributed by atoms with E-state index in [9.17, 15) is 9.59 Å². The Morgan fingerprint density at radius 3 is 2.50 bits per heavy atom. The summed E-state index contributed by atoms with van der Waals surface area (Å²) in [6, 6.07) is 13.8. The van der Waals surface area contributed by atoms with Crippen molar-refractivity contribution in [1.82, 2.24) is 14.9 Å². The number of carbonyl (C=O) groups is 1. The molecule has 2 amide bonds. The number of hydrogen-bond donors (Lipinski definition) is 2. The van der Waals surface area contributed by atoms with Gasteiger partial charge in [-0.05, 0) is 43.0 Å². The van der Waals surface area contributed by atoms with Crippen LogP contribution in [0.2, 0.25) is 0 Å². The number of benzene rings is 2. The van der Waals surface area contributed by atoms with Crippen molar-refractivity contribution in [3.05, 3.63) is 92.2 Å². The molecule has 30 heavy (non-hydrogen) atoms. The van der Waals surface area contributed by atoms with Crippen LogP contribution in [0, 0.1) is 20.8 Å². The normalized spacial score (nSPS) is 13.1. The molecule has 0 saturated carbocycles. The number of aromatic amines is 1. The van der Waals surface area contributed by atoms with E-state index in [1.54, 1.807) is 4.90 Å². The number of fused-ring (bicyclic) bond motifs is 1. The topological polar surface area (TPSA) is 78.1 Å². The average molecular weight is 402 g/mol. The van der Waals surface area contributed by atoms with Gasteiger partial charge in [0.25, 0.3) is 5.56 Å². The highest BCUT2D eigenvalue weighted by Crippen LogP contribution is 2.22. The van der Waals surface area contributed by atoms with Crippen molar-refractivity contribution in [3.8, 4) is 0 Å². The summed E-state index contributed by atoms with van der Waals surface area (Å²) in [5.74, 6) is 0.668. The number of amides is 2. The molecule has 2 N–H and O–H groups in total. The number of anilines is 1. The number of nitrogens with one attached hydrogen (secondary N) is 2. The lowest BCUT2D eigenvalue weighted by molar-refractivity contribution is 0.205. The van der Waals surface area contributed by atoms with Gasteiger partial charge in [0.2, 0.25) is 0 Å². The zero-order valence-corrected chi connectivity index (χ0v) is 17.6. The summed E-state index contributed by atoms with van der Waals surface area (Å²) in [7, 11) is 0. The van der Waals surface area contributed by atoms with E-state index in [2.05, 4.69) is 29.4 Å². The molecular weight excluding hydrogens is 376 g/mol. The number of hydrogen-bond acceptors (Lipinski definition) is 3. The van der Waals surface area contributed by atoms with Crippen molar-refractivity contribution in [2.45, 2.75) is 40.2 Å². The summed E-state index contributed by atoms with van der Waals surface area (Å²) in [6.07, 6.45) is 1.16. The van der Waals surface area contributed by atoms with E-state index in [-0.39, 0.29) is 18.1 Å². The highest BCUT2D eigenvalue weighted by atomic mass is 16.2. The molecule has 6 heteroatoms. The Morgan fingerprint density at radius 1 is 1.07 bits per heavy atom. The largest absolute Gasteiger partial charge is 0.322 e. The maximum atomic E-state index is 12.8. The van der Waals surface area contributed by atoms with Gasteiger partial charge in [-0.25, -0.2) is 9.78 Å². The minimum absolute atomic E-state index is 0.159. The predicted octanol–water partition coefficient (Wildman–Crippen LogP) is 3.88. The van der Waals surface area contributed by atoms with Gasteiger partial charge in [-0.15, -0.1) is 0 Å². The quantitative estimate of drug-likeness (QED) is 0.698. The summed E-state index contributed by atoms with van der Waals surface area (Å²) in [4.78, 5) is 34.9. The third-order valence-corrected chi connectivity index (χ3v) is 5.74. The first-order chi connectivity index (χ1) is 14.4. The van der Waals surface area contributed by atoms with Crippen LogP contribution in [0.25, 0.3) is 0 Å². The summed E-state index contributed by atoms with van der Waals surface area (Å²) in [5, 5.41) is 3.00. The predicted molar refractivity (Wildman–Crippen MR) is 118 cm³/mol. The van der Waals surface area contributed by atoms with Crippen LogP contribution in [0.5, 0.6) is 0 Å². The minimum atomic E-state index is -0.193. The Labute approximate surface area is 176 Å². The molecule has 1 aliphatic rings. The second kappa shape index (κ2) is 8.14. The van der Waals surface area contributed by atoms with E-state index < -0.39 is 0 Å². The zero-order valence-electron chi connectivity index (χ0n) is 17.6. The molecular formula is C24H26N4O2. The lowest BCUT2D eigenvalue weighted by Crippen LogP contribution is -2.42. The van der Waals surface area contributed by atoms with Crippen molar-refractivity contribution in [3.63, 3.8) is 0 Å². The van der Waals surface area contributed by atoms with Crippen molar-refractivity contribution in [1.29, 1.82) is 0 Å². The SMILES string of the molecule is Cc1ccccc1Cc1nc2c(c(=O)[nH]1)CN(C(=O)Nc1c(C)cccc1C)CC2. The molecule has 0 bridgehead atoms. The van der Waals surface area contributed by atoms with Crippen molar-refractivity contribution in [2.75, 3.05) is 11.9 Å². The summed E-state index contributed by atoms with van der Waals surface area (Å²) in [5.41, 5.74) is 6.38. The molecule has 2 heterocycles. The first-order valence-corrected chi connectivity index (χ1v) is 10.2. The van der Waals surface area contributed by atoms with Gasteiger partial charge in [0, 0.05) is 25.1 Å². The molecule has 0 fully saturated rings. The van der Waals surface area contributed by atoms with Crippen LogP contribution in [0.4, 0.5) is 10.5 Å². The molecule has 1 aliphatic heterocycles. The highest BCUT2D eigenvalue weighted by Gasteiger charge is 2.25. The number of aryl methyl sites for hydroxylation is 3. The van der Waals surface area contributed by atoms with Crippen LogP contribution in [-0.2, 0) is 19.4 Å². The third-order valence-electron chi connectivity index (χ3n) is 5.74. The molecule has 0 aliphatic carbocycles. The number of carbonyl (C=O) groups excluding carboxylic acids is 1. The van der Waals surface area contributed by atoms with E-state index in [1.165, 1.54) is 5.56 Å². The lowest BCUT2D eigenvalue weighted by Gasteiger charge is -2.28. The first kappa shape index (κ1) is 19.9. The molecule has 1 aromatic heterocycles. The van der Waals surface area contributed by atoms with Gasteiger partial charge in [0.1, 0.15) is 5.82 Å². The van der Waals surface area contributed by atoms with Crippen molar-refractivity contribution in [2.24, 2.45) is 0 Å². The second-order valence-corrected chi connectivity index (χ2v) is 7.91. The number of H-pyrrole nitrogens is 1. The number of aromatic nitrogens is 2. The zero-order chi connectivity index (χ0) is 21.3. The van der Waals surface area contributed by atoms with Crippen LogP contribution < -0.4 is 10.9 Å². The first-order valence-electron chi connectivity index (χ1n) is 10.2. The number of urea groups is 1. The molecule has 0 radical (unpaired) electrons. The Bertz CT molecular complexity index is 1150. The Balaban J connectivity index is 1.52. The van der Waals surface area contributed by atoms with Crippen LogP contribution in [0.3, 0.4) is 0 Å². The fourth-order valence-corrected chi connectivity index (χ4v) is 3.92. The molecule has 0 saturated heterocycles. The van der Waals surface area contributed by atoms with Crippen LogP contribution in [0.15, 0.2) is 47.3 Å². The molecule has 0 unspecified atom stereocenters. The van der Waals surface area contributed by atoms with Gasteiger partial charge < -0.3 is 15.2 Å². The number of rotatable bonds is 3.